The summed E-state index contributed by atoms with van der Waals surface area (Å²) in [5, 5.41) is 27.7. The number of carbonyl (C=O) groups is 6. The number of hydrogen-bond donors (Lipinski definition) is 6. The number of rotatable bonds is 28. The molecule has 0 aliphatic carbocycles. The van der Waals surface area contributed by atoms with Crippen LogP contribution < -0.4 is 33.5 Å². The van der Waals surface area contributed by atoms with Gasteiger partial charge in [-0.25, -0.2) is 19.2 Å². The molecule has 2 aromatic carbocycles. The lowest BCUT2D eigenvalue weighted by Gasteiger charge is -2.30. The quantitative estimate of drug-likeness (QED) is 0.0206. The van der Waals surface area contributed by atoms with Crippen molar-refractivity contribution in [3.05, 3.63) is 105 Å². The highest BCUT2D eigenvalue weighted by Gasteiger charge is 2.44. The summed E-state index contributed by atoms with van der Waals surface area (Å²) in [5.41, 5.74) is 15.6. The molecule has 12 unspecified atom stereocenters. The maximum Gasteiger partial charge on any atom is 0.353 e. The third-order valence-corrected chi connectivity index (χ3v) is 19.5. The molecular formula is C74H102N10O16. The molecule has 4 aromatic heterocycles. The van der Waals surface area contributed by atoms with Crippen LogP contribution in [0.4, 0.5) is 0 Å². The maximum absolute atomic E-state index is 13.5. The Morgan fingerprint density at radius 2 is 1.03 bits per heavy atom. The van der Waals surface area contributed by atoms with Gasteiger partial charge in [-0.2, -0.15) is 9.97 Å². The van der Waals surface area contributed by atoms with Crippen molar-refractivity contribution < 1.29 is 66.8 Å². The fraction of sp³-hybridized carbons (Fsp3) is 0.595. The number of aliphatic hydroxyl groups excluding tert-OH is 2. The van der Waals surface area contributed by atoms with Gasteiger partial charge in [-0.05, 0) is 98.3 Å². The van der Waals surface area contributed by atoms with Gasteiger partial charge in [0.25, 0.3) is 0 Å². The number of aromatic nitrogens is 4. The Hall–Kier alpha value is -8.14. The van der Waals surface area contributed by atoms with Crippen LogP contribution in [-0.2, 0) is 60.6 Å². The molecule has 8 N–H and O–H groups in total. The van der Waals surface area contributed by atoms with Crippen LogP contribution in [0, 0.1) is 23.7 Å². The lowest BCUT2D eigenvalue weighted by molar-refractivity contribution is -0.158. The first-order chi connectivity index (χ1) is 47.8. The molecule has 4 aliphatic rings. The van der Waals surface area contributed by atoms with E-state index in [1.54, 1.807) is 40.1 Å². The number of nitrogens with zero attached hydrogens (tertiary/aromatic N) is 6. The number of aryl methyl sites for hydroxylation is 2. The van der Waals surface area contributed by atoms with Crippen LogP contribution in [0.25, 0.3) is 44.8 Å². The average molecular weight is 1390 g/mol. The minimum atomic E-state index is -1.03. The van der Waals surface area contributed by atoms with Crippen molar-refractivity contribution in [1.82, 2.24) is 39.5 Å². The Bertz CT molecular complexity index is 3900. The van der Waals surface area contributed by atoms with Crippen LogP contribution in [0.3, 0.4) is 0 Å². The van der Waals surface area contributed by atoms with E-state index in [1.807, 2.05) is 64.1 Å². The first-order valence-corrected chi connectivity index (χ1v) is 35.7. The van der Waals surface area contributed by atoms with Crippen molar-refractivity contribution in [3.63, 3.8) is 0 Å². The fourth-order valence-corrected chi connectivity index (χ4v) is 13.1. The minimum Gasteiger partial charge on any atom is -0.461 e. The van der Waals surface area contributed by atoms with Crippen LogP contribution >= 0.6 is 0 Å². The monoisotopic (exact) mass is 1390 g/mol. The Morgan fingerprint density at radius 3 is 1.45 bits per heavy atom. The summed E-state index contributed by atoms with van der Waals surface area (Å²) >= 11 is 0. The van der Waals surface area contributed by atoms with E-state index in [0.717, 1.165) is 36.8 Å². The first-order valence-electron chi connectivity index (χ1n) is 35.7. The van der Waals surface area contributed by atoms with E-state index < -0.39 is 115 Å². The van der Waals surface area contributed by atoms with Crippen molar-refractivity contribution in [2.24, 2.45) is 35.1 Å². The maximum atomic E-state index is 13.5. The number of hydrogen-bond acceptors (Lipinski definition) is 20. The molecule has 12 atom stereocenters. The number of aliphatic hydroxyl groups is 2. The van der Waals surface area contributed by atoms with Crippen molar-refractivity contribution in [2.45, 2.75) is 232 Å². The molecule has 6 aromatic rings. The smallest absolute Gasteiger partial charge is 0.353 e. The van der Waals surface area contributed by atoms with E-state index >= 15 is 0 Å². The lowest BCUT2D eigenvalue weighted by atomic mass is 10.0. The summed E-state index contributed by atoms with van der Waals surface area (Å²) in [4.78, 5) is 117. The molecule has 0 spiro atoms. The SMILES string of the molecule is CCCCCc1ccc(-c2cc3cn(C4CC(O)C(COC(=O)C(NC(=O)C5CCCN5C(=O)C(N)C(C)C)C(C)C)O4)c(=O)nc3o2)cc1.CCCCCc1ccc(-c2cc3cn(C4CC(OC(=O)C(NC(=O)C5CCCN5C(=O)C(N)C(C)C)C(C)C)C(CO)O4)c(=O)nc3o2)cc1. The number of benzene rings is 2. The van der Waals surface area contributed by atoms with E-state index in [4.69, 9.17) is 39.2 Å². The molecule has 26 heteroatoms. The molecule has 0 saturated carbocycles. The number of fused-ring (bicyclic) bond motifs is 2. The summed E-state index contributed by atoms with van der Waals surface area (Å²) < 4.78 is 37.8. The van der Waals surface area contributed by atoms with E-state index in [0.29, 0.717) is 61.1 Å². The van der Waals surface area contributed by atoms with Gasteiger partial charge in [0.15, 0.2) is 0 Å². The van der Waals surface area contributed by atoms with E-state index in [9.17, 15) is 48.6 Å². The van der Waals surface area contributed by atoms with Gasteiger partial charge in [0.05, 0.1) is 35.6 Å². The van der Waals surface area contributed by atoms with Crippen LogP contribution in [0.1, 0.15) is 170 Å². The third-order valence-electron chi connectivity index (χ3n) is 19.5. The zero-order valence-corrected chi connectivity index (χ0v) is 59.3. The van der Waals surface area contributed by atoms with Gasteiger partial charge in [0.1, 0.15) is 73.1 Å². The minimum absolute atomic E-state index is 0.0744. The summed E-state index contributed by atoms with van der Waals surface area (Å²) in [6.45, 7) is 19.0. The number of amides is 4. The number of nitrogens with one attached hydrogen (secondary N) is 2. The summed E-state index contributed by atoms with van der Waals surface area (Å²) in [7, 11) is 0. The number of furan rings is 2. The zero-order chi connectivity index (χ0) is 72.2. The first kappa shape index (κ1) is 76.0. The van der Waals surface area contributed by atoms with E-state index in [2.05, 4.69) is 58.7 Å². The predicted molar refractivity (Wildman–Crippen MR) is 373 cm³/mol. The van der Waals surface area contributed by atoms with E-state index in [1.165, 1.54) is 55.7 Å². The summed E-state index contributed by atoms with van der Waals surface area (Å²) in [5.74, 6) is -2.53. The Morgan fingerprint density at radius 1 is 0.600 bits per heavy atom. The van der Waals surface area contributed by atoms with Crippen LogP contribution in [0.2, 0.25) is 0 Å². The van der Waals surface area contributed by atoms with Crippen molar-refractivity contribution in [1.29, 1.82) is 0 Å². The molecule has 0 radical (unpaired) electrons. The second-order valence-corrected chi connectivity index (χ2v) is 28.4. The zero-order valence-electron chi connectivity index (χ0n) is 59.3. The van der Waals surface area contributed by atoms with Gasteiger partial charge in [-0.3, -0.25) is 28.3 Å². The number of ether oxygens (including phenoxy) is 4. The Balaban J connectivity index is 0.000000233. The Labute approximate surface area is 583 Å². The number of nitrogens with two attached hydrogens (primary N) is 2. The van der Waals surface area contributed by atoms with Gasteiger partial charge in [0.2, 0.25) is 35.1 Å². The predicted octanol–water partition coefficient (Wildman–Crippen LogP) is 7.39. The van der Waals surface area contributed by atoms with Gasteiger partial charge in [0, 0.05) is 49.5 Å². The molecule has 544 valence electrons. The highest BCUT2D eigenvalue weighted by atomic mass is 16.6. The van der Waals surface area contributed by atoms with Crippen molar-refractivity contribution in [2.75, 3.05) is 26.3 Å². The molecule has 4 amide bonds. The molecule has 4 aliphatic heterocycles. The van der Waals surface area contributed by atoms with Gasteiger partial charge < -0.3 is 69.9 Å². The highest BCUT2D eigenvalue weighted by Crippen LogP contribution is 2.35. The van der Waals surface area contributed by atoms with Crippen LogP contribution in [0.5, 0.6) is 0 Å². The Kier molecular flexibility index (Phi) is 26.2. The molecule has 8 heterocycles. The molecular weight excluding hydrogens is 1280 g/mol. The number of unbranched alkanes of at least 4 members (excludes halogenated alkanes) is 4. The molecule has 4 saturated heterocycles. The molecule has 10 rings (SSSR count). The fourth-order valence-electron chi connectivity index (χ4n) is 13.1. The van der Waals surface area contributed by atoms with Crippen LogP contribution in [-0.4, -0.2) is 162 Å². The van der Waals surface area contributed by atoms with Gasteiger partial charge in [-0.1, -0.05) is 143 Å². The third kappa shape index (κ3) is 18.3. The van der Waals surface area contributed by atoms with Crippen molar-refractivity contribution in [3.8, 4) is 22.6 Å². The molecule has 26 nitrogen and oxygen atoms in total. The van der Waals surface area contributed by atoms with Gasteiger partial charge in [-0.15, -0.1) is 0 Å². The average Bonchev–Trinajstić information content (AvgIpc) is 1.64. The number of likely N-dealkylation sites (tertiary alicyclic amines) is 2. The van der Waals surface area contributed by atoms with Crippen molar-refractivity contribution >= 4 is 57.8 Å². The van der Waals surface area contributed by atoms with Crippen LogP contribution in [0.15, 0.2) is 91.5 Å². The number of carbonyl (C=O) groups excluding carboxylic acids is 6. The second-order valence-electron chi connectivity index (χ2n) is 28.4. The standard InChI is InChI=1S/2C37H51N5O8/c1-6-7-8-10-23-12-14-24(15-13-23)28-17-25-19-42(37(47)40-34(25)50-28)30-18-27(43)29(49-30)20-48-36(46)32(22(4)5)39-33(44)26-11-9-16-41(26)35(45)31(38)21(2)3;1-6-7-8-10-23-12-14-24(15-13-23)27-17-25-19-42(37(47)40-34(25)49-27)30-18-28(29(20-43)48-30)50-36(46)32(22(4)5)39-33(44)26-11-9-16-41(26)35(45)31(38)21(2)3/h12-15,17,19,21-22,26-27,29-32,43H,6-11,16,18,20,38H2,1-5H3,(H,39,44);12-15,17,19,21-22,26,28-32,43H,6-11,16,18,20,38H2,1-5H3,(H,39,44). The lowest BCUT2D eigenvalue weighted by Crippen LogP contribution is -2.56. The van der Waals surface area contributed by atoms with Gasteiger partial charge >= 0.3 is 23.3 Å². The second kappa shape index (κ2) is 34.5. The normalized spacial score (nSPS) is 22.0. The topological polar surface area (TPSA) is 358 Å². The largest absolute Gasteiger partial charge is 0.461 e. The summed E-state index contributed by atoms with van der Waals surface area (Å²) in [6, 6.07) is 15.0. The molecule has 4 fully saturated rings. The molecule has 0 bridgehead atoms. The molecule has 100 heavy (non-hydrogen) atoms. The van der Waals surface area contributed by atoms with E-state index in [-0.39, 0.29) is 66.4 Å². The highest BCUT2D eigenvalue weighted by molar-refractivity contribution is 5.94. The number of esters is 2. The summed E-state index contributed by atoms with van der Waals surface area (Å²) in [6.07, 6.45) is 9.17.